The molecule has 2 rings (SSSR count). The summed E-state index contributed by atoms with van der Waals surface area (Å²) in [5.74, 6) is -0.156. The molecular weight excluding hydrogens is 217 g/mol. The van der Waals surface area contributed by atoms with Gasteiger partial charge in [-0.2, -0.15) is 0 Å². The summed E-state index contributed by atoms with van der Waals surface area (Å²) >= 11 is 0. The highest BCUT2D eigenvalue weighted by Crippen LogP contribution is 2.34. The van der Waals surface area contributed by atoms with Gasteiger partial charge in [0.05, 0.1) is 6.04 Å². The molecule has 0 aromatic heterocycles. The van der Waals surface area contributed by atoms with E-state index in [1.165, 1.54) is 6.07 Å². The second kappa shape index (κ2) is 4.13. The lowest BCUT2D eigenvalue weighted by atomic mass is 9.80. The molecule has 1 N–H and O–H groups in total. The zero-order valence-electron chi connectivity index (χ0n) is 10.5. The highest BCUT2D eigenvalue weighted by Gasteiger charge is 2.34. The monoisotopic (exact) mass is 235 g/mol. The molecule has 1 atom stereocenters. The normalized spacial score (nSPS) is 23.3. The first-order valence-electron chi connectivity index (χ1n) is 5.97. The molecule has 1 aromatic carbocycles. The number of hydrogen-bond acceptors (Lipinski definition) is 1. The first-order valence-corrected chi connectivity index (χ1v) is 5.97. The molecule has 1 aliphatic rings. The largest absolute Gasteiger partial charge is 0.349 e. The number of carbonyl (C=O) groups is 1. The minimum absolute atomic E-state index is 0.0503. The molecule has 0 aliphatic carbocycles. The van der Waals surface area contributed by atoms with Gasteiger partial charge in [0.2, 0.25) is 5.91 Å². The molecule has 1 unspecified atom stereocenters. The molecule has 2 nitrogen and oxygen atoms in total. The van der Waals surface area contributed by atoms with Gasteiger partial charge in [-0.1, -0.05) is 26.0 Å². The number of aryl methyl sites for hydroxylation is 1. The first-order chi connectivity index (χ1) is 7.90. The Morgan fingerprint density at radius 3 is 2.71 bits per heavy atom. The van der Waals surface area contributed by atoms with Crippen LogP contribution in [0.2, 0.25) is 0 Å². The van der Waals surface area contributed by atoms with Crippen LogP contribution >= 0.6 is 0 Å². The summed E-state index contributed by atoms with van der Waals surface area (Å²) < 4.78 is 13.5. The van der Waals surface area contributed by atoms with Crippen molar-refractivity contribution in [3.8, 4) is 0 Å². The van der Waals surface area contributed by atoms with Gasteiger partial charge in [-0.15, -0.1) is 0 Å². The van der Waals surface area contributed by atoms with Gasteiger partial charge < -0.3 is 5.32 Å². The minimum Gasteiger partial charge on any atom is -0.349 e. The van der Waals surface area contributed by atoms with E-state index in [0.717, 1.165) is 18.4 Å². The summed E-state index contributed by atoms with van der Waals surface area (Å²) in [6.07, 6.45) is 1.69. The Hall–Kier alpha value is -1.38. The molecule has 3 heteroatoms. The SMILES string of the molecule is Cc1ccc(C2CCC(C)(C)C(=O)N2)cc1F. The topological polar surface area (TPSA) is 29.1 Å². The third-order valence-corrected chi connectivity index (χ3v) is 3.58. The second-order valence-corrected chi connectivity index (χ2v) is 5.46. The fraction of sp³-hybridized carbons (Fsp3) is 0.500. The Labute approximate surface area is 101 Å². The molecule has 1 aliphatic heterocycles. The van der Waals surface area contributed by atoms with E-state index in [2.05, 4.69) is 5.32 Å². The maximum atomic E-state index is 13.5. The summed E-state index contributed by atoms with van der Waals surface area (Å²) in [4.78, 5) is 11.8. The van der Waals surface area contributed by atoms with Gasteiger partial charge in [0.15, 0.2) is 0 Å². The van der Waals surface area contributed by atoms with Gasteiger partial charge >= 0.3 is 0 Å². The number of halogens is 1. The molecule has 0 radical (unpaired) electrons. The summed E-state index contributed by atoms with van der Waals surface area (Å²) in [6.45, 7) is 5.62. The average Bonchev–Trinajstić information content (AvgIpc) is 2.26. The van der Waals surface area contributed by atoms with Crippen LogP contribution in [0.25, 0.3) is 0 Å². The molecule has 1 aromatic rings. The molecule has 1 heterocycles. The van der Waals surface area contributed by atoms with Crippen molar-refractivity contribution >= 4 is 5.91 Å². The van der Waals surface area contributed by atoms with Crippen LogP contribution in [0.15, 0.2) is 18.2 Å². The fourth-order valence-electron chi connectivity index (χ4n) is 2.12. The van der Waals surface area contributed by atoms with Crippen molar-refractivity contribution in [2.75, 3.05) is 0 Å². The molecule has 0 bridgehead atoms. The van der Waals surface area contributed by atoms with Crippen LogP contribution < -0.4 is 5.32 Å². The van der Waals surface area contributed by atoms with Crippen LogP contribution in [-0.4, -0.2) is 5.91 Å². The maximum absolute atomic E-state index is 13.5. The van der Waals surface area contributed by atoms with Gasteiger partial charge in [0.1, 0.15) is 5.82 Å². The van der Waals surface area contributed by atoms with Crippen molar-refractivity contribution in [3.05, 3.63) is 35.1 Å². The molecule has 0 saturated carbocycles. The van der Waals surface area contributed by atoms with Crippen LogP contribution in [0, 0.1) is 18.2 Å². The van der Waals surface area contributed by atoms with Gasteiger partial charge in [-0.05, 0) is 37.0 Å². The number of piperidine rings is 1. The van der Waals surface area contributed by atoms with E-state index in [1.54, 1.807) is 13.0 Å². The number of carbonyl (C=O) groups excluding carboxylic acids is 1. The van der Waals surface area contributed by atoms with Crippen LogP contribution in [0.5, 0.6) is 0 Å². The predicted molar refractivity (Wildman–Crippen MR) is 65.0 cm³/mol. The highest BCUT2D eigenvalue weighted by molar-refractivity contribution is 5.83. The minimum atomic E-state index is -0.306. The zero-order valence-corrected chi connectivity index (χ0v) is 10.5. The highest BCUT2D eigenvalue weighted by atomic mass is 19.1. The van der Waals surface area contributed by atoms with E-state index >= 15 is 0 Å². The first kappa shape index (κ1) is 12.1. The maximum Gasteiger partial charge on any atom is 0.226 e. The molecule has 17 heavy (non-hydrogen) atoms. The molecule has 1 saturated heterocycles. The molecule has 1 amide bonds. The molecule has 0 spiro atoms. The van der Waals surface area contributed by atoms with Gasteiger partial charge in [0.25, 0.3) is 0 Å². The van der Waals surface area contributed by atoms with E-state index in [0.29, 0.717) is 5.56 Å². The quantitative estimate of drug-likeness (QED) is 0.796. The van der Waals surface area contributed by atoms with Crippen molar-refractivity contribution < 1.29 is 9.18 Å². The van der Waals surface area contributed by atoms with E-state index < -0.39 is 0 Å². The van der Waals surface area contributed by atoms with Crippen molar-refractivity contribution in [2.45, 2.75) is 39.7 Å². The van der Waals surface area contributed by atoms with Gasteiger partial charge in [-0.3, -0.25) is 4.79 Å². The molecule has 1 fully saturated rings. The molecular formula is C14H18FNO. The van der Waals surface area contributed by atoms with E-state index in [9.17, 15) is 9.18 Å². The van der Waals surface area contributed by atoms with Crippen LogP contribution in [0.3, 0.4) is 0 Å². The van der Waals surface area contributed by atoms with Gasteiger partial charge in [-0.25, -0.2) is 4.39 Å². The Balaban J connectivity index is 2.19. The summed E-state index contributed by atoms with van der Waals surface area (Å²) in [6, 6.07) is 5.13. The molecule has 92 valence electrons. The second-order valence-electron chi connectivity index (χ2n) is 5.46. The predicted octanol–water partition coefficient (Wildman–Crippen LogP) is 3.11. The lowest BCUT2D eigenvalue weighted by Gasteiger charge is -2.34. The summed E-state index contributed by atoms with van der Waals surface area (Å²) in [5, 5.41) is 2.96. The summed E-state index contributed by atoms with van der Waals surface area (Å²) in [7, 11) is 0. The van der Waals surface area contributed by atoms with Crippen molar-refractivity contribution in [1.82, 2.24) is 5.32 Å². The van der Waals surface area contributed by atoms with Crippen LogP contribution in [0.4, 0.5) is 4.39 Å². The Morgan fingerprint density at radius 2 is 2.12 bits per heavy atom. The lowest BCUT2D eigenvalue weighted by molar-refractivity contribution is -0.133. The Bertz CT molecular complexity index is 454. The van der Waals surface area contributed by atoms with E-state index in [-0.39, 0.29) is 23.2 Å². The van der Waals surface area contributed by atoms with Crippen molar-refractivity contribution in [2.24, 2.45) is 5.41 Å². The standard InChI is InChI=1S/C14H18FNO/c1-9-4-5-10(8-11(9)15)12-6-7-14(2,3)13(17)16-12/h4-5,8,12H,6-7H2,1-3H3,(H,16,17). The number of nitrogens with one attached hydrogen (secondary N) is 1. The summed E-state index contributed by atoms with van der Waals surface area (Å²) in [5.41, 5.74) is 1.19. The number of amides is 1. The Morgan fingerprint density at radius 1 is 1.41 bits per heavy atom. The van der Waals surface area contributed by atoms with Crippen LogP contribution in [0.1, 0.15) is 43.9 Å². The Kier molecular flexibility index (Phi) is 2.94. The van der Waals surface area contributed by atoms with Gasteiger partial charge in [0, 0.05) is 5.41 Å². The fourth-order valence-corrected chi connectivity index (χ4v) is 2.12. The smallest absolute Gasteiger partial charge is 0.226 e. The van der Waals surface area contributed by atoms with E-state index in [4.69, 9.17) is 0 Å². The van der Waals surface area contributed by atoms with Crippen molar-refractivity contribution in [1.29, 1.82) is 0 Å². The van der Waals surface area contributed by atoms with Crippen molar-refractivity contribution in [3.63, 3.8) is 0 Å². The number of benzene rings is 1. The zero-order chi connectivity index (χ0) is 12.6. The van der Waals surface area contributed by atoms with Crippen LogP contribution in [-0.2, 0) is 4.79 Å². The van der Waals surface area contributed by atoms with E-state index in [1.807, 2.05) is 19.9 Å². The number of hydrogen-bond donors (Lipinski definition) is 1. The average molecular weight is 235 g/mol. The number of rotatable bonds is 1. The third-order valence-electron chi connectivity index (χ3n) is 3.58. The lowest BCUT2D eigenvalue weighted by Crippen LogP contribution is -2.44. The third kappa shape index (κ3) is 2.33.